The molecule has 1 saturated heterocycles. The van der Waals surface area contributed by atoms with Crippen LogP contribution in [0.3, 0.4) is 0 Å². The van der Waals surface area contributed by atoms with E-state index in [1.165, 1.54) is 32.1 Å². The Bertz CT molecular complexity index is 257. The van der Waals surface area contributed by atoms with Crippen molar-refractivity contribution >= 4 is 5.91 Å². The van der Waals surface area contributed by atoms with Gasteiger partial charge in [0.25, 0.3) is 0 Å². The SMILES string of the molecule is CC1(C)CN(C2CCCCC2)C(=O)CCN1. The second kappa shape index (κ2) is 4.74. The first-order chi connectivity index (χ1) is 7.58. The Morgan fingerprint density at radius 2 is 1.94 bits per heavy atom. The Morgan fingerprint density at radius 1 is 1.25 bits per heavy atom. The lowest BCUT2D eigenvalue weighted by molar-refractivity contribution is -0.133. The number of carbonyl (C=O) groups is 1. The predicted molar refractivity (Wildman–Crippen MR) is 65.3 cm³/mol. The number of hydrogen-bond acceptors (Lipinski definition) is 2. The lowest BCUT2D eigenvalue weighted by Gasteiger charge is -2.37. The highest BCUT2D eigenvalue weighted by molar-refractivity contribution is 5.77. The Morgan fingerprint density at radius 3 is 2.62 bits per heavy atom. The van der Waals surface area contributed by atoms with Crippen LogP contribution in [-0.2, 0) is 4.79 Å². The minimum Gasteiger partial charge on any atom is -0.338 e. The molecule has 2 aliphatic rings. The molecule has 0 atom stereocenters. The molecular weight excluding hydrogens is 200 g/mol. The van der Waals surface area contributed by atoms with E-state index >= 15 is 0 Å². The van der Waals surface area contributed by atoms with E-state index in [2.05, 4.69) is 24.1 Å². The van der Waals surface area contributed by atoms with Gasteiger partial charge in [0, 0.05) is 31.1 Å². The zero-order chi connectivity index (χ0) is 11.6. The van der Waals surface area contributed by atoms with Crippen molar-refractivity contribution in [2.24, 2.45) is 0 Å². The van der Waals surface area contributed by atoms with Gasteiger partial charge in [-0.05, 0) is 26.7 Å². The van der Waals surface area contributed by atoms with Gasteiger partial charge >= 0.3 is 0 Å². The van der Waals surface area contributed by atoms with E-state index in [1.807, 2.05) is 0 Å². The van der Waals surface area contributed by atoms with Gasteiger partial charge < -0.3 is 10.2 Å². The van der Waals surface area contributed by atoms with Crippen LogP contribution < -0.4 is 5.32 Å². The predicted octanol–water partition coefficient (Wildman–Crippen LogP) is 1.92. The fraction of sp³-hybridized carbons (Fsp3) is 0.923. The van der Waals surface area contributed by atoms with E-state index in [0.717, 1.165) is 13.1 Å². The standard InChI is InChI=1S/C13H24N2O/c1-13(2)10-15(12(16)8-9-14-13)11-6-4-3-5-7-11/h11,14H,3-10H2,1-2H3. The Hall–Kier alpha value is -0.570. The second-order valence-electron chi connectivity index (χ2n) is 5.87. The summed E-state index contributed by atoms with van der Waals surface area (Å²) in [6.45, 7) is 6.09. The van der Waals surface area contributed by atoms with Gasteiger partial charge in [-0.15, -0.1) is 0 Å². The summed E-state index contributed by atoms with van der Waals surface area (Å²) in [5.41, 5.74) is 0.0730. The zero-order valence-electron chi connectivity index (χ0n) is 10.6. The molecule has 0 bridgehead atoms. The maximum atomic E-state index is 12.1. The molecule has 0 aromatic rings. The van der Waals surface area contributed by atoms with Crippen molar-refractivity contribution in [2.45, 2.75) is 64.0 Å². The maximum Gasteiger partial charge on any atom is 0.224 e. The van der Waals surface area contributed by atoms with Crippen molar-refractivity contribution in [3.8, 4) is 0 Å². The quantitative estimate of drug-likeness (QED) is 0.738. The van der Waals surface area contributed by atoms with E-state index in [0.29, 0.717) is 18.4 Å². The Kier molecular flexibility index (Phi) is 3.53. The van der Waals surface area contributed by atoms with Crippen molar-refractivity contribution < 1.29 is 4.79 Å². The number of nitrogens with zero attached hydrogens (tertiary/aromatic N) is 1. The third-order valence-corrected chi connectivity index (χ3v) is 3.84. The van der Waals surface area contributed by atoms with Crippen molar-refractivity contribution in [1.29, 1.82) is 0 Å². The first-order valence-corrected chi connectivity index (χ1v) is 6.63. The smallest absolute Gasteiger partial charge is 0.224 e. The molecule has 0 aromatic carbocycles. The van der Waals surface area contributed by atoms with Crippen molar-refractivity contribution in [3.05, 3.63) is 0 Å². The van der Waals surface area contributed by atoms with Crippen molar-refractivity contribution in [1.82, 2.24) is 10.2 Å². The van der Waals surface area contributed by atoms with Gasteiger partial charge in [0.15, 0.2) is 0 Å². The van der Waals surface area contributed by atoms with Gasteiger partial charge in [0.05, 0.1) is 0 Å². The van der Waals surface area contributed by atoms with Crippen LogP contribution in [-0.4, -0.2) is 35.5 Å². The molecule has 0 unspecified atom stereocenters. The van der Waals surface area contributed by atoms with E-state index < -0.39 is 0 Å². The summed E-state index contributed by atoms with van der Waals surface area (Å²) >= 11 is 0. The monoisotopic (exact) mass is 224 g/mol. The van der Waals surface area contributed by atoms with E-state index in [1.54, 1.807) is 0 Å². The highest BCUT2D eigenvalue weighted by atomic mass is 16.2. The molecule has 0 spiro atoms. The third kappa shape index (κ3) is 2.76. The topological polar surface area (TPSA) is 32.3 Å². The molecule has 1 saturated carbocycles. The van der Waals surface area contributed by atoms with Crippen LogP contribution in [0.25, 0.3) is 0 Å². The average molecular weight is 224 g/mol. The highest BCUT2D eigenvalue weighted by Crippen LogP contribution is 2.25. The first kappa shape index (κ1) is 11.9. The van der Waals surface area contributed by atoms with Crippen LogP contribution in [0.1, 0.15) is 52.4 Å². The van der Waals surface area contributed by atoms with Gasteiger partial charge in [-0.25, -0.2) is 0 Å². The number of amides is 1. The number of hydrogen-bond donors (Lipinski definition) is 1. The molecule has 3 nitrogen and oxygen atoms in total. The summed E-state index contributed by atoms with van der Waals surface area (Å²) < 4.78 is 0. The minimum atomic E-state index is 0.0730. The summed E-state index contributed by atoms with van der Waals surface area (Å²) in [5, 5.41) is 3.46. The first-order valence-electron chi connectivity index (χ1n) is 6.63. The molecule has 2 fully saturated rings. The zero-order valence-corrected chi connectivity index (χ0v) is 10.6. The fourth-order valence-electron chi connectivity index (χ4n) is 2.95. The van der Waals surface area contributed by atoms with Gasteiger partial charge in [0.2, 0.25) is 5.91 Å². The molecule has 16 heavy (non-hydrogen) atoms. The molecule has 1 N–H and O–H groups in total. The van der Waals surface area contributed by atoms with Gasteiger partial charge in [-0.3, -0.25) is 4.79 Å². The van der Waals surface area contributed by atoms with Gasteiger partial charge in [0.1, 0.15) is 0 Å². The third-order valence-electron chi connectivity index (χ3n) is 3.84. The van der Waals surface area contributed by atoms with Crippen LogP contribution in [0.4, 0.5) is 0 Å². The average Bonchev–Trinajstić information content (AvgIpc) is 2.39. The normalized spacial score (nSPS) is 27.9. The summed E-state index contributed by atoms with van der Waals surface area (Å²) in [7, 11) is 0. The van der Waals surface area contributed by atoms with Crippen LogP contribution in [0.5, 0.6) is 0 Å². The molecule has 1 amide bonds. The summed E-state index contributed by atoms with van der Waals surface area (Å²) in [6, 6.07) is 0.514. The van der Waals surface area contributed by atoms with Crippen LogP contribution in [0.15, 0.2) is 0 Å². The highest BCUT2D eigenvalue weighted by Gasteiger charge is 2.32. The van der Waals surface area contributed by atoms with E-state index in [-0.39, 0.29) is 5.54 Å². The van der Waals surface area contributed by atoms with Crippen molar-refractivity contribution in [2.75, 3.05) is 13.1 Å². The molecule has 1 heterocycles. The lowest BCUT2D eigenvalue weighted by Crippen LogP contribution is -2.50. The lowest BCUT2D eigenvalue weighted by atomic mass is 9.93. The molecule has 1 aliphatic heterocycles. The Labute approximate surface area is 98.6 Å². The molecule has 0 radical (unpaired) electrons. The van der Waals surface area contributed by atoms with E-state index in [4.69, 9.17) is 0 Å². The molecule has 92 valence electrons. The minimum absolute atomic E-state index is 0.0730. The maximum absolute atomic E-state index is 12.1. The van der Waals surface area contributed by atoms with Gasteiger partial charge in [-0.1, -0.05) is 19.3 Å². The van der Waals surface area contributed by atoms with Gasteiger partial charge in [-0.2, -0.15) is 0 Å². The molecule has 2 rings (SSSR count). The second-order valence-corrected chi connectivity index (χ2v) is 5.87. The number of nitrogens with one attached hydrogen (secondary N) is 1. The summed E-state index contributed by atoms with van der Waals surface area (Å²) in [5.74, 6) is 0.352. The van der Waals surface area contributed by atoms with Crippen LogP contribution in [0, 0.1) is 0 Å². The Balaban J connectivity index is 2.06. The molecule has 0 aromatic heterocycles. The summed E-state index contributed by atoms with van der Waals surface area (Å²) in [4.78, 5) is 14.2. The fourth-order valence-corrected chi connectivity index (χ4v) is 2.95. The van der Waals surface area contributed by atoms with Crippen molar-refractivity contribution in [3.63, 3.8) is 0 Å². The van der Waals surface area contributed by atoms with Crippen LogP contribution >= 0.6 is 0 Å². The molecular formula is C13H24N2O. The van der Waals surface area contributed by atoms with E-state index in [9.17, 15) is 4.79 Å². The number of rotatable bonds is 1. The number of carbonyl (C=O) groups excluding carboxylic acids is 1. The molecule has 3 heteroatoms. The summed E-state index contributed by atoms with van der Waals surface area (Å²) in [6.07, 6.45) is 7.02. The van der Waals surface area contributed by atoms with Crippen LogP contribution in [0.2, 0.25) is 0 Å². The largest absolute Gasteiger partial charge is 0.338 e. The molecule has 1 aliphatic carbocycles.